The summed E-state index contributed by atoms with van der Waals surface area (Å²) in [5, 5.41) is 8.72. The number of hydrogen-bond donors (Lipinski definition) is 0. The molecule has 4 nitrogen and oxygen atoms in total. The zero-order valence-corrected chi connectivity index (χ0v) is 26.6. The van der Waals surface area contributed by atoms with Crippen LogP contribution in [0.25, 0.3) is 83.6 Å². The van der Waals surface area contributed by atoms with Gasteiger partial charge in [-0.15, -0.1) is 0 Å². The number of para-hydroxylation sites is 1. The van der Waals surface area contributed by atoms with Crippen molar-refractivity contribution in [3.63, 3.8) is 0 Å². The second-order valence-electron chi connectivity index (χ2n) is 12.1. The molecule has 0 bridgehead atoms. The highest BCUT2D eigenvalue weighted by Crippen LogP contribution is 2.42. The number of fused-ring (bicyclic) bond motifs is 3. The summed E-state index contributed by atoms with van der Waals surface area (Å²) in [6, 6.07) is 63.1. The Morgan fingerprint density at radius 3 is 1.57 bits per heavy atom. The fourth-order valence-corrected chi connectivity index (χ4v) is 6.66. The van der Waals surface area contributed by atoms with E-state index >= 15 is 0 Å². The SMILES string of the molecule is c1ccc(-c2cc(-c3ccc4cc(-c5ccccc5)c5c(-c6ccccc6)nn(-c6ccccc6)c5c4c3)nc(-c3ccccc3)n2)cc1. The molecule has 9 aromatic rings. The monoisotopic (exact) mass is 626 g/mol. The Bertz CT molecular complexity index is 2500. The van der Waals surface area contributed by atoms with E-state index in [-0.39, 0.29) is 0 Å². The van der Waals surface area contributed by atoms with Gasteiger partial charge in [-0.05, 0) is 46.8 Å². The van der Waals surface area contributed by atoms with Crippen LogP contribution in [-0.4, -0.2) is 19.7 Å². The van der Waals surface area contributed by atoms with E-state index in [2.05, 4.69) is 144 Å². The van der Waals surface area contributed by atoms with E-state index < -0.39 is 0 Å². The van der Waals surface area contributed by atoms with Gasteiger partial charge in [0.05, 0.1) is 22.6 Å². The van der Waals surface area contributed by atoms with Gasteiger partial charge in [-0.3, -0.25) is 0 Å². The number of aromatic nitrogens is 4. The summed E-state index contributed by atoms with van der Waals surface area (Å²) < 4.78 is 2.11. The van der Waals surface area contributed by atoms with Gasteiger partial charge in [-0.2, -0.15) is 5.10 Å². The summed E-state index contributed by atoms with van der Waals surface area (Å²) in [5.41, 5.74) is 11.2. The molecule has 0 amide bonds. The van der Waals surface area contributed by atoms with Crippen molar-refractivity contribution in [1.82, 2.24) is 19.7 Å². The zero-order chi connectivity index (χ0) is 32.6. The molecule has 0 fully saturated rings. The molecule has 4 heteroatoms. The molecular formula is C45H30N4. The first-order valence-electron chi connectivity index (χ1n) is 16.5. The second kappa shape index (κ2) is 12.2. The molecule has 2 aromatic heterocycles. The highest BCUT2D eigenvalue weighted by atomic mass is 15.3. The van der Waals surface area contributed by atoms with E-state index in [1.165, 1.54) is 0 Å². The lowest BCUT2D eigenvalue weighted by Gasteiger charge is -2.13. The lowest BCUT2D eigenvalue weighted by Crippen LogP contribution is -1.98. The normalized spacial score (nSPS) is 11.3. The van der Waals surface area contributed by atoms with E-state index in [9.17, 15) is 0 Å². The van der Waals surface area contributed by atoms with Crippen molar-refractivity contribution >= 4 is 21.7 Å². The second-order valence-corrected chi connectivity index (χ2v) is 12.1. The molecule has 0 N–H and O–H groups in total. The predicted octanol–water partition coefficient (Wildman–Crippen LogP) is 11.3. The largest absolute Gasteiger partial charge is 0.232 e. The van der Waals surface area contributed by atoms with Gasteiger partial charge in [0.1, 0.15) is 5.69 Å². The van der Waals surface area contributed by atoms with E-state index in [0.717, 1.165) is 77.8 Å². The fourth-order valence-electron chi connectivity index (χ4n) is 6.66. The van der Waals surface area contributed by atoms with Crippen LogP contribution in [0.5, 0.6) is 0 Å². The van der Waals surface area contributed by atoms with Crippen molar-refractivity contribution in [2.45, 2.75) is 0 Å². The zero-order valence-electron chi connectivity index (χ0n) is 26.6. The number of nitrogens with zero attached hydrogens (tertiary/aromatic N) is 4. The Kier molecular flexibility index (Phi) is 7.10. The van der Waals surface area contributed by atoms with Crippen molar-refractivity contribution in [2.75, 3.05) is 0 Å². The molecule has 9 rings (SSSR count). The molecule has 7 aromatic carbocycles. The van der Waals surface area contributed by atoms with Gasteiger partial charge in [0.25, 0.3) is 0 Å². The molecule has 0 aliphatic rings. The Morgan fingerprint density at radius 2 is 0.939 bits per heavy atom. The van der Waals surface area contributed by atoms with Crippen LogP contribution in [0.4, 0.5) is 0 Å². The minimum Gasteiger partial charge on any atom is -0.232 e. The van der Waals surface area contributed by atoms with Crippen molar-refractivity contribution < 1.29 is 0 Å². The lowest BCUT2D eigenvalue weighted by molar-refractivity contribution is 0.918. The van der Waals surface area contributed by atoms with E-state index in [0.29, 0.717) is 5.82 Å². The van der Waals surface area contributed by atoms with Crippen LogP contribution in [-0.2, 0) is 0 Å². The highest BCUT2D eigenvalue weighted by molar-refractivity contribution is 6.17. The summed E-state index contributed by atoms with van der Waals surface area (Å²) >= 11 is 0. The maximum absolute atomic E-state index is 5.37. The minimum absolute atomic E-state index is 0.697. The average Bonchev–Trinajstić information content (AvgIpc) is 3.60. The first-order valence-corrected chi connectivity index (χ1v) is 16.5. The number of rotatable bonds is 6. The molecule has 0 saturated carbocycles. The van der Waals surface area contributed by atoms with Crippen LogP contribution < -0.4 is 0 Å². The van der Waals surface area contributed by atoms with Gasteiger partial charge in [0.2, 0.25) is 0 Å². The lowest BCUT2D eigenvalue weighted by atomic mass is 9.92. The molecule has 230 valence electrons. The minimum atomic E-state index is 0.697. The van der Waals surface area contributed by atoms with Gasteiger partial charge in [-0.25, -0.2) is 14.6 Å². The van der Waals surface area contributed by atoms with Crippen molar-refractivity contribution in [3.8, 4) is 62.0 Å². The quantitative estimate of drug-likeness (QED) is 0.184. The highest BCUT2D eigenvalue weighted by Gasteiger charge is 2.22. The summed E-state index contributed by atoms with van der Waals surface area (Å²) in [6.45, 7) is 0. The van der Waals surface area contributed by atoms with Crippen LogP contribution in [0, 0.1) is 0 Å². The summed E-state index contributed by atoms with van der Waals surface area (Å²) in [6.07, 6.45) is 0. The molecule has 0 atom stereocenters. The maximum atomic E-state index is 5.37. The predicted molar refractivity (Wildman–Crippen MR) is 201 cm³/mol. The molecule has 0 radical (unpaired) electrons. The molecule has 0 aliphatic carbocycles. The number of benzene rings is 7. The van der Waals surface area contributed by atoms with Crippen molar-refractivity contribution in [1.29, 1.82) is 0 Å². The smallest absolute Gasteiger partial charge is 0.160 e. The molecule has 2 heterocycles. The van der Waals surface area contributed by atoms with Crippen LogP contribution in [0.3, 0.4) is 0 Å². The Morgan fingerprint density at radius 1 is 0.408 bits per heavy atom. The first-order chi connectivity index (χ1) is 24.3. The number of hydrogen-bond acceptors (Lipinski definition) is 3. The Balaban J connectivity index is 1.36. The maximum Gasteiger partial charge on any atom is 0.160 e. The summed E-state index contributed by atoms with van der Waals surface area (Å²) in [4.78, 5) is 10.2. The van der Waals surface area contributed by atoms with E-state index in [4.69, 9.17) is 15.1 Å². The van der Waals surface area contributed by atoms with E-state index in [1.54, 1.807) is 0 Å². The third-order valence-corrected chi connectivity index (χ3v) is 9.02. The Labute approximate surface area is 284 Å². The topological polar surface area (TPSA) is 43.6 Å². The van der Waals surface area contributed by atoms with E-state index in [1.807, 2.05) is 42.5 Å². The summed E-state index contributed by atoms with van der Waals surface area (Å²) in [7, 11) is 0. The Hall–Kier alpha value is -6.65. The van der Waals surface area contributed by atoms with Crippen LogP contribution in [0.15, 0.2) is 182 Å². The van der Waals surface area contributed by atoms with Crippen molar-refractivity contribution in [3.05, 3.63) is 182 Å². The molecule has 0 spiro atoms. The van der Waals surface area contributed by atoms with Crippen molar-refractivity contribution in [2.24, 2.45) is 0 Å². The first kappa shape index (κ1) is 28.6. The molecule has 0 saturated heterocycles. The summed E-state index contributed by atoms with van der Waals surface area (Å²) in [5.74, 6) is 0.697. The van der Waals surface area contributed by atoms with Gasteiger partial charge >= 0.3 is 0 Å². The van der Waals surface area contributed by atoms with Crippen LogP contribution >= 0.6 is 0 Å². The van der Waals surface area contributed by atoms with Crippen LogP contribution in [0.2, 0.25) is 0 Å². The fraction of sp³-hybridized carbons (Fsp3) is 0. The van der Waals surface area contributed by atoms with Gasteiger partial charge in [0, 0.05) is 33.0 Å². The standard InChI is InChI=1S/C45H30N4/c1-6-16-31(17-7-1)38-28-35-26-27-36(41-30-40(32-18-8-2-9-19-32)46-45(47-41)34-22-12-4-13-23-34)29-39(35)44-42(38)43(33-20-10-3-11-21-33)48-49(44)37-24-14-5-15-25-37/h1-30H. The van der Waals surface area contributed by atoms with Gasteiger partial charge < -0.3 is 0 Å². The van der Waals surface area contributed by atoms with Crippen LogP contribution in [0.1, 0.15) is 0 Å². The molecule has 0 unspecified atom stereocenters. The third kappa shape index (κ3) is 5.26. The average molecular weight is 627 g/mol. The molecule has 0 aliphatic heterocycles. The van der Waals surface area contributed by atoms with Gasteiger partial charge in [-0.1, -0.05) is 152 Å². The molecular weight excluding hydrogens is 597 g/mol. The molecule has 49 heavy (non-hydrogen) atoms. The third-order valence-electron chi connectivity index (χ3n) is 9.02. The van der Waals surface area contributed by atoms with Gasteiger partial charge in [0.15, 0.2) is 5.82 Å².